The summed E-state index contributed by atoms with van der Waals surface area (Å²) >= 11 is 0. The summed E-state index contributed by atoms with van der Waals surface area (Å²) in [4.78, 5) is 26.3. The molecule has 0 aliphatic carbocycles. The van der Waals surface area contributed by atoms with E-state index in [-0.39, 0.29) is 12.1 Å². The summed E-state index contributed by atoms with van der Waals surface area (Å²) in [5.74, 6) is -5.49. The molecule has 0 N–H and O–H groups in total. The van der Waals surface area contributed by atoms with Crippen molar-refractivity contribution < 1.29 is 27.2 Å². The Hall–Kier alpha value is -2.70. The smallest absolute Gasteiger partial charge is 0.256 e. The van der Waals surface area contributed by atoms with Crippen molar-refractivity contribution in [2.75, 3.05) is 13.1 Å². The first-order chi connectivity index (χ1) is 12.4. The SMILES string of the molecule is O=C(c1ccc(F)c(F)c1)[C@H]1CCCN(C(=O)c2cc(F)ccc2F)C1. The average molecular weight is 365 g/mol. The number of hydrogen-bond donors (Lipinski definition) is 0. The zero-order valence-corrected chi connectivity index (χ0v) is 13.6. The molecule has 1 saturated heterocycles. The molecule has 1 fully saturated rings. The number of amides is 1. The van der Waals surface area contributed by atoms with E-state index in [1.165, 1.54) is 11.0 Å². The number of halogens is 4. The molecule has 0 bridgehead atoms. The molecule has 2 aromatic rings. The highest BCUT2D eigenvalue weighted by molar-refractivity contribution is 5.99. The van der Waals surface area contributed by atoms with E-state index in [1.807, 2.05) is 0 Å². The lowest BCUT2D eigenvalue weighted by Gasteiger charge is -2.32. The molecule has 1 atom stereocenters. The van der Waals surface area contributed by atoms with Gasteiger partial charge in [0.05, 0.1) is 5.56 Å². The Labute approximate surface area is 147 Å². The molecule has 136 valence electrons. The first-order valence-corrected chi connectivity index (χ1v) is 8.10. The molecule has 0 spiro atoms. The van der Waals surface area contributed by atoms with Gasteiger partial charge in [-0.2, -0.15) is 0 Å². The summed E-state index contributed by atoms with van der Waals surface area (Å²) in [6.45, 7) is 0.308. The Balaban J connectivity index is 1.78. The fourth-order valence-electron chi connectivity index (χ4n) is 3.09. The van der Waals surface area contributed by atoms with Gasteiger partial charge >= 0.3 is 0 Å². The molecular weight excluding hydrogens is 350 g/mol. The van der Waals surface area contributed by atoms with Crippen LogP contribution in [0.15, 0.2) is 36.4 Å². The van der Waals surface area contributed by atoms with Gasteiger partial charge in [0.25, 0.3) is 5.91 Å². The summed E-state index contributed by atoms with van der Waals surface area (Å²) in [6, 6.07) is 5.49. The number of rotatable bonds is 3. The average Bonchev–Trinajstić information content (AvgIpc) is 2.65. The van der Waals surface area contributed by atoms with Gasteiger partial charge in [-0.15, -0.1) is 0 Å². The first-order valence-electron chi connectivity index (χ1n) is 8.10. The van der Waals surface area contributed by atoms with Crippen molar-refractivity contribution in [3.63, 3.8) is 0 Å². The Morgan fingerprint density at radius 2 is 1.65 bits per heavy atom. The highest BCUT2D eigenvalue weighted by atomic mass is 19.2. The maximum absolute atomic E-state index is 13.8. The second-order valence-electron chi connectivity index (χ2n) is 6.21. The van der Waals surface area contributed by atoms with Gasteiger partial charge < -0.3 is 4.90 Å². The van der Waals surface area contributed by atoms with E-state index >= 15 is 0 Å². The summed E-state index contributed by atoms with van der Waals surface area (Å²) in [5, 5.41) is 0. The number of ketones is 1. The van der Waals surface area contributed by atoms with E-state index in [9.17, 15) is 27.2 Å². The highest BCUT2D eigenvalue weighted by Gasteiger charge is 2.31. The van der Waals surface area contributed by atoms with Crippen LogP contribution >= 0.6 is 0 Å². The third kappa shape index (κ3) is 3.61. The van der Waals surface area contributed by atoms with Crippen LogP contribution in [0, 0.1) is 29.2 Å². The second-order valence-corrected chi connectivity index (χ2v) is 6.21. The van der Waals surface area contributed by atoms with Crippen LogP contribution in [-0.4, -0.2) is 29.7 Å². The number of piperidine rings is 1. The third-order valence-electron chi connectivity index (χ3n) is 4.44. The van der Waals surface area contributed by atoms with Crippen LogP contribution in [0.3, 0.4) is 0 Å². The number of hydrogen-bond acceptors (Lipinski definition) is 2. The van der Waals surface area contributed by atoms with Gasteiger partial charge in [-0.25, -0.2) is 17.6 Å². The van der Waals surface area contributed by atoms with Crippen molar-refractivity contribution in [2.45, 2.75) is 12.8 Å². The van der Waals surface area contributed by atoms with Crippen LogP contribution in [0.25, 0.3) is 0 Å². The fourth-order valence-corrected chi connectivity index (χ4v) is 3.09. The topological polar surface area (TPSA) is 37.4 Å². The number of benzene rings is 2. The van der Waals surface area contributed by atoms with Crippen molar-refractivity contribution in [2.24, 2.45) is 5.92 Å². The van der Waals surface area contributed by atoms with E-state index in [0.717, 1.165) is 30.3 Å². The zero-order chi connectivity index (χ0) is 18.8. The molecule has 7 heteroatoms. The van der Waals surface area contributed by atoms with Crippen LogP contribution in [0.5, 0.6) is 0 Å². The maximum Gasteiger partial charge on any atom is 0.256 e. The van der Waals surface area contributed by atoms with Gasteiger partial charge in [-0.3, -0.25) is 9.59 Å². The Morgan fingerprint density at radius 3 is 2.38 bits per heavy atom. The molecule has 3 rings (SSSR count). The van der Waals surface area contributed by atoms with Crippen molar-refractivity contribution in [3.8, 4) is 0 Å². The first kappa shape index (κ1) is 18.1. The number of carbonyl (C=O) groups excluding carboxylic acids is 2. The largest absolute Gasteiger partial charge is 0.338 e. The standard InChI is InChI=1S/C19H15F4NO2/c20-13-4-6-15(21)14(9-13)19(26)24-7-1-2-12(10-24)18(25)11-3-5-16(22)17(23)8-11/h3-6,8-9,12H,1-2,7,10H2/t12-/m0/s1. The summed E-state index contributed by atoms with van der Waals surface area (Å²) in [7, 11) is 0. The highest BCUT2D eigenvalue weighted by Crippen LogP contribution is 2.24. The minimum atomic E-state index is -1.12. The van der Waals surface area contributed by atoms with Gasteiger partial charge in [0.1, 0.15) is 11.6 Å². The second kappa shape index (κ2) is 7.27. The van der Waals surface area contributed by atoms with Crippen LogP contribution < -0.4 is 0 Å². The van der Waals surface area contributed by atoms with Crippen molar-refractivity contribution in [1.29, 1.82) is 0 Å². The lowest BCUT2D eigenvalue weighted by atomic mass is 9.89. The van der Waals surface area contributed by atoms with Gasteiger partial charge in [0, 0.05) is 24.6 Å². The van der Waals surface area contributed by atoms with E-state index in [1.54, 1.807) is 0 Å². The summed E-state index contributed by atoms with van der Waals surface area (Å²) < 4.78 is 53.5. The Morgan fingerprint density at radius 1 is 0.923 bits per heavy atom. The van der Waals surface area contributed by atoms with Gasteiger partial charge in [0.15, 0.2) is 17.4 Å². The number of Topliss-reactive ketones (excluding diaryl/α,β-unsaturated/α-hetero) is 1. The molecule has 0 aromatic heterocycles. The van der Waals surface area contributed by atoms with E-state index in [0.29, 0.717) is 19.4 Å². The predicted molar refractivity (Wildman–Crippen MR) is 85.7 cm³/mol. The van der Waals surface area contributed by atoms with Crippen LogP contribution in [0.2, 0.25) is 0 Å². The van der Waals surface area contributed by atoms with Crippen molar-refractivity contribution >= 4 is 11.7 Å². The van der Waals surface area contributed by atoms with Crippen molar-refractivity contribution in [1.82, 2.24) is 4.90 Å². The molecule has 26 heavy (non-hydrogen) atoms. The zero-order valence-electron chi connectivity index (χ0n) is 13.6. The van der Waals surface area contributed by atoms with E-state index < -0.39 is 46.4 Å². The normalized spacial score (nSPS) is 17.2. The van der Waals surface area contributed by atoms with Gasteiger partial charge in [0.2, 0.25) is 0 Å². The number of likely N-dealkylation sites (tertiary alicyclic amines) is 1. The lowest BCUT2D eigenvalue weighted by molar-refractivity contribution is 0.0632. The molecule has 1 heterocycles. The fraction of sp³-hybridized carbons (Fsp3) is 0.263. The van der Waals surface area contributed by atoms with Crippen LogP contribution in [0.1, 0.15) is 33.6 Å². The molecule has 0 unspecified atom stereocenters. The lowest BCUT2D eigenvalue weighted by Crippen LogP contribution is -2.42. The Bertz CT molecular complexity index is 869. The molecule has 1 aliphatic heterocycles. The van der Waals surface area contributed by atoms with E-state index in [4.69, 9.17) is 0 Å². The maximum atomic E-state index is 13.8. The summed E-state index contributed by atoms with van der Waals surface area (Å²) in [5.41, 5.74) is -0.383. The van der Waals surface area contributed by atoms with E-state index in [2.05, 4.69) is 0 Å². The minimum Gasteiger partial charge on any atom is -0.338 e. The molecule has 0 saturated carbocycles. The molecule has 1 amide bonds. The quantitative estimate of drug-likeness (QED) is 0.610. The number of nitrogens with zero attached hydrogens (tertiary/aromatic N) is 1. The molecule has 1 aliphatic rings. The minimum absolute atomic E-state index is 0.00656. The molecular formula is C19H15F4NO2. The molecule has 0 radical (unpaired) electrons. The molecule has 2 aromatic carbocycles. The number of carbonyl (C=O) groups is 2. The third-order valence-corrected chi connectivity index (χ3v) is 4.44. The predicted octanol–water partition coefficient (Wildman–Crippen LogP) is 3.98. The monoisotopic (exact) mass is 365 g/mol. The van der Waals surface area contributed by atoms with Gasteiger partial charge in [-0.05, 0) is 49.2 Å². The molecule has 3 nitrogen and oxygen atoms in total. The van der Waals surface area contributed by atoms with Crippen LogP contribution in [0.4, 0.5) is 17.6 Å². The van der Waals surface area contributed by atoms with Gasteiger partial charge in [-0.1, -0.05) is 0 Å². The van der Waals surface area contributed by atoms with Crippen LogP contribution in [-0.2, 0) is 0 Å². The summed E-state index contributed by atoms with van der Waals surface area (Å²) in [6.07, 6.45) is 0.954. The Kier molecular flexibility index (Phi) is 5.06. The van der Waals surface area contributed by atoms with Crippen molar-refractivity contribution in [3.05, 3.63) is 70.8 Å².